The van der Waals surface area contributed by atoms with Crippen LogP contribution in [-0.4, -0.2) is 63.3 Å². The summed E-state index contributed by atoms with van der Waals surface area (Å²) in [7, 11) is 6.61. The van der Waals surface area contributed by atoms with Crippen molar-refractivity contribution in [3.63, 3.8) is 0 Å². The fourth-order valence-corrected chi connectivity index (χ4v) is 3.83. The first-order chi connectivity index (χ1) is 14.9. The zero-order valence-electron chi connectivity index (χ0n) is 18.1. The number of hydrogen-bond acceptors (Lipinski definition) is 5. The minimum Gasteiger partial charge on any atom is -0.497 e. The summed E-state index contributed by atoms with van der Waals surface area (Å²) >= 11 is 0. The second kappa shape index (κ2) is 8.25. The molecule has 0 spiro atoms. The van der Waals surface area contributed by atoms with E-state index in [1.54, 1.807) is 28.3 Å². The highest BCUT2D eigenvalue weighted by Gasteiger charge is 2.27. The largest absolute Gasteiger partial charge is 0.497 e. The Morgan fingerprint density at radius 1 is 1.29 bits per heavy atom. The maximum absolute atomic E-state index is 13.0. The lowest BCUT2D eigenvalue weighted by Crippen LogP contribution is -2.41. The summed E-state index contributed by atoms with van der Waals surface area (Å²) in [6.45, 7) is 0.756. The minimum atomic E-state index is -0.303. The molecular formula is C22H26N6O3. The lowest BCUT2D eigenvalue weighted by Gasteiger charge is -2.24. The fraction of sp³-hybridized carbons (Fsp3) is 0.364. The molecule has 1 aliphatic rings. The molecule has 9 heteroatoms. The van der Waals surface area contributed by atoms with Gasteiger partial charge in [-0.15, -0.1) is 0 Å². The van der Waals surface area contributed by atoms with Gasteiger partial charge in [0.15, 0.2) is 0 Å². The smallest absolute Gasteiger partial charge is 0.270 e. The van der Waals surface area contributed by atoms with Crippen molar-refractivity contribution in [2.75, 3.05) is 21.2 Å². The molecule has 3 aromatic rings. The molecular weight excluding hydrogens is 396 g/mol. The maximum atomic E-state index is 13.0. The Hall–Kier alpha value is -3.62. The summed E-state index contributed by atoms with van der Waals surface area (Å²) in [5.41, 5.74) is 2.43. The Morgan fingerprint density at radius 2 is 2.10 bits per heavy atom. The summed E-state index contributed by atoms with van der Waals surface area (Å²) in [5.74, 6) is 1.15. The molecule has 2 aromatic heterocycles. The van der Waals surface area contributed by atoms with E-state index in [2.05, 4.69) is 15.0 Å². The van der Waals surface area contributed by atoms with Gasteiger partial charge in [0.1, 0.15) is 17.3 Å². The molecule has 162 valence electrons. The second-order valence-electron chi connectivity index (χ2n) is 7.86. The normalized spacial score (nSPS) is 15.3. The van der Waals surface area contributed by atoms with Gasteiger partial charge >= 0.3 is 0 Å². The van der Waals surface area contributed by atoms with Gasteiger partial charge in [-0.2, -0.15) is 5.10 Å². The highest BCUT2D eigenvalue weighted by atomic mass is 16.5. The predicted molar refractivity (Wildman–Crippen MR) is 115 cm³/mol. The van der Waals surface area contributed by atoms with Crippen molar-refractivity contribution in [2.45, 2.75) is 25.4 Å². The quantitative estimate of drug-likeness (QED) is 0.676. The minimum absolute atomic E-state index is 0.0715. The van der Waals surface area contributed by atoms with Crippen LogP contribution in [0.5, 0.6) is 5.75 Å². The van der Waals surface area contributed by atoms with Crippen LogP contribution in [0.25, 0.3) is 11.3 Å². The topological polar surface area (TPSA) is 94.3 Å². The number of aryl methyl sites for hydroxylation is 2. The average Bonchev–Trinajstić information content (AvgIpc) is 3.36. The van der Waals surface area contributed by atoms with Crippen LogP contribution in [0.15, 0.2) is 36.7 Å². The van der Waals surface area contributed by atoms with Gasteiger partial charge in [-0.25, -0.2) is 4.98 Å². The van der Waals surface area contributed by atoms with E-state index < -0.39 is 0 Å². The molecule has 2 amide bonds. The van der Waals surface area contributed by atoms with E-state index in [0.717, 1.165) is 35.8 Å². The molecule has 31 heavy (non-hydrogen) atoms. The molecule has 0 aliphatic carbocycles. The SMILES string of the molecule is COc1cccc(-c2cn3c(n2)C[C@H](NC(=O)c2c(C(=O)N(C)C)cnn2C)CC3)c1. The number of amides is 2. The van der Waals surface area contributed by atoms with E-state index in [4.69, 9.17) is 9.72 Å². The molecule has 0 fully saturated rings. The molecule has 0 bridgehead atoms. The third-order valence-electron chi connectivity index (χ3n) is 5.50. The fourth-order valence-electron chi connectivity index (χ4n) is 3.83. The predicted octanol–water partition coefficient (Wildman–Crippen LogP) is 1.74. The molecule has 0 saturated carbocycles. The van der Waals surface area contributed by atoms with Gasteiger partial charge in [0.2, 0.25) is 0 Å². The number of benzene rings is 1. The first-order valence-corrected chi connectivity index (χ1v) is 10.1. The summed E-state index contributed by atoms with van der Waals surface area (Å²) in [6, 6.07) is 7.73. The van der Waals surface area contributed by atoms with E-state index in [-0.39, 0.29) is 23.6 Å². The van der Waals surface area contributed by atoms with Crippen molar-refractivity contribution >= 4 is 11.8 Å². The van der Waals surface area contributed by atoms with E-state index in [1.165, 1.54) is 15.8 Å². The Labute approximate surface area is 180 Å². The van der Waals surface area contributed by atoms with Crippen LogP contribution in [0.2, 0.25) is 0 Å². The molecule has 0 saturated heterocycles. The van der Waals surface area contributed by atoms with Crippen molar-refractivity contribution in [1.29, 1.82) is 0 Å². The summed E-state index contributed by atoms with van der Waals surface area (Å²) in [5, 5.41) is 7.16. The number of rotatable bonds is 5. The Balaban J connectivity index is 1.50. The first kappa shape index (κ1) is 20.6. The number of imidazole rings is 1. The van der Waals surface area contributed by atoms with Crippen molar-refractivity contribution in [3.8, 4) is 17.0 Å². The number of methoxy groups -OCH3 is 1. The lowest BCUT2D eigenvalue weighted by molar-refractivity contribution is 0.0814. The number of nitrogens with zero attached hydrogens (tertiary/aromatic N) is 5. The standard InChI is InChI=1S/C22H26N6O3/c1-26(2)22(30)17-12-23-27(3)20(17)21(29)24-15-8-9-28-13-18(25-19(28)11-15)14-6-5-7-16(10-14)31-4/h5-7,10,12-13,15H,8-9,11H2,1-4H3,(H,24,29)/t15-/m1/s1. The van der Waals surface area contributed by atoms with Gasteiger partial charge in [0.25, 0.3) is 11.8 Å². The molecule has 3 heterocycles. The molecule has 1 atom stereocenters. The number of aromatic nitrogens is 4. The van der Waals surface area contributed by atoms with Gasteiger partial charge < -0.3 is 19.5 Å². The molecule has 4 rings (SSSR count). The van der Waals surface area contributed by atoms with Crippen LogP contribution in [0.4, 0.5) is 0 Å². The first-order valence-electron chi connectivity index (χ1n) is 10.1. The molecule has 0 unspecified atom stereocenters. The van der Waals surface area contributed by atoms with Crippen LogP contribution >= 0.6 is 0 Å². The highest BCUT2D eigenvalue weighted by molar-refractivity contribution is 6.06. The summed E-state index contributed by atoms with van der Waals surface area (Å²) in [6.07, 6.45) is 4.87. The van der Waals surface area contributed by atoms with Crippen molar-refractivity contribution in [3.05, 3.63) is 53.7 Å². The van der Waals surface area contributed by atoms with Gasteiger partial charge in [-0.3, -0.25) is 14.3 Å². The van der Waals surface area contributed by atoms with Crippen LogP contribution in [0, 0.1) is 0 Å². The lowest BCUT2D eigenvalue weighted by atomic mass is 10.1. The maximum Gasteiger partial charge on any atom is 0.270 e. The Bertz CT molecular complexity index is 1130. The van der Waals surface area contributed by atoms with Crippen LogP contribution in [0.3, 0.4) is 0 Å². The number of hydrogen-bond donors (Lipinski definition) is 1. The van der Waals surface area contributed by atoms with Gasteiger partial charge in [0.05, 0.1) is 24.6 Å². The summed E-state index contributed by atoms with van der Waals surface area (Å²) in [4.78, 5) is 31.6. The van der Waals surface area contributed by atoms with E-state index >= 15 is 0 Å². The van der Waals surface area contributed by atoms with Crippen LogP contribution < -0.4 is 10.1 Å². The van der Waals surface area contributed by atoms with Crippen LogP contribution in [0.1, 0.15) is 33.1 Å². The monoisotopic (exact) mass is 422 g/mol. The average molecular weight is 422 g/mol. The van der Waals surface area contributed by atoms with E-state index in [1.807, 2.05) is 30.5 Å². The molecule has 1 aromatic carbocycles. The zero-order valence-corrected chi connectivity index (χ0v) is 18.1. The van der Waals surface area contributed by atoms with E-state index in [0.29, 0.717) is 12.0 Å². The van der Waals surface area contributed by atoms with Crippen molar-refractivity contribution < 1.29 is 14.3 Å². The summed E-state index contributed by atoms with van der Waals surface area (Å²) < 4.78 is 8.88. The molecule has 9 nitrogen and oxygen atoms in total. The van der Waals surface area contributed by atoms with Gasteiger partial charge in [-0.05, 0) is 18.6 Å². The third kappa shape index (κ3) is 4.03. The van der Waals surface area contributed by atoms with Crippen molar-refractivity contribution in [1.82, 2.24) is 29.5 Å². The molecule has 0 radical (unpaired) electrons. The number of fused-ring (bicyclic) bond motifs is 1. The number of nitrogens with one attached hydrogen (secondary N) is 1. The number of ether oxygens (including phenoxy) is 1. The number of carbonyl (C=O) groups is 2. The van der Waals surface area contributed by atoms with Crippen molar-refractivity contribution in [2.24, 2.45) is 7.05 Å². The van der Waals surface area contributed by atoms with Gasteiger partial charge in [0, 0.05) is 51.9 Å². The van der Waals surface area contributed by atoms with Crippen LogP contribution in [-0.2, 0) is 20.0 Å². The molecule has 1 aliphatic heterocycles. The van der Waals surface area contributed by atoms with E-state index in [9.17, 15) is 9.59 Å². The Kier molecular flexibility index (Phi) is 5.50. The molecule has 1 N–H and O–H groups in total. The third-order valence-corrected chi connectivity index (χ3v) is 5.50. The zero-order chi connectivity index (χ0) is 22.1. The Morgan fingerprint density at radius 3 is 2.84 bits per heavy atom. The number of carbonyl (C=O) groups excluding carboxylic acids is 2. The highest BCUT2D eigenvalue weighted by Crippen LogP contribution is 2.26. The van der Waals surface area contributed by atoms with Gasteiger partial charge in [-0.1, -0.05) is 12.1 Å². The second-order valence-corrected chi connectivity index (χ2v) is 7.86.